The van der Waals surface area contributed by atoms with E-state index >= 15 is 0 Å². The van der Waals surface area contributed by atoms with Crippen LogP contribution in [-0.2, 0) is 9.53 Å². The van der Waals surface area contributed by atoms with Crippen molar-refractivity contribution in [1.82, 2.24) is 0 Å². The Labute approximate surface area is 78.2 Å². The number of ether oxygens (including phenoxy) is 1. The van der Waals surface area contributed by atoms with Gasteiger partial charge in [0.1, 0.15) is 0 Å². The van der Waals surface area contributed by atoms with E-state index in [0.29, 0.717) is 12.3 Å². The minimum atomic E-state index is -0.221. The first-order chi connectivity index (χ1) is 5.58. The molecule has 3 heteroatoms. The zero-order chi connectivity index (χ0) is 9.14. The molecule has 0 unspecified atom stereocenters. The van der Waals surface area contributed by atoms with Crippen LogP contribution in [0.1, 0.15) is 33.1 Å². The molecule has 0 aromatic heterocycles. The van der Waals surface area contributed by atoms with Gasteiger partial charge in [0.25, 0.3) is 0 Å². The summed E-state index contributed by atoms with van der Waals surface area (Å²) in [6.07, 6.45) is 2.97. The Morgan fingerprint density at radius 1 is 1.42 bits per heavy atom. The van der Waals surface area contributed by atoms with Crippen molar-refractivity contribution < 1.29 is 9.53 Å². The number of carbonyl (C=O) groups is 1. The Morgan fingerprint density at radius 2 is 1.92 bits per heavy atom. The molecule has 2 nitrogen and oxygen atoms in total. The van der Waals surface area contributed by atoms with Crippen molar-refractivity contribution in [3.63, 3.8) is 0 Å². The van der Waals surface area contributed by atoms with E-state index in [1.807, 2.05) is 13.8 Å². The minimum Gasteiger partial charge on any atom is -0.376 e. The third-order valence-corrected chi connectivity index (χ3v) is 2.40. The molecule has 0 aliphatic carbocycles. The van der Waals surface area contributed by atoms with E-state index < -0.39 is 0 Å². The van der Waals surface area contributed by atoms with Crippen LogP contribution in [0, 0.1) is 5.92 Å². The summed E-state index contributed by atoms with van der Waals surface area (Å²) in [4.78, 5) is 10.6. The van der Waals surface area contributed by atoms with Crippen molar-refractivity contribution in [1.29, 1.82) is 0 Å². The van der Waals surface area contributed by atoms with E-state index in [1.54, 1.807) is 0 Å². The van der Waals surface area contributed by atoms with E-state index in [4.69, 9.17) is 16.3 Å². The second-order valence-corrected chi connectivity index (χ2v) is 4.08. The fraction of sp³-hybridized carbons (Fsp3) is 0.889. The highest BCUT2D eigenvalue weighted by molar-refractivity contribution is 6.63. The van der Waals surface area contributed by atoms with Gasteiger partial charge in [0, 0.05) is 6.42 Å². The van der Waals surface area contributed by atoms with Gasteiger partial charge >= 0.3 is 0 Å². The number of halogens is 1. The maximum absolute atomic E-state index is 10.6. The molecule has 1 fully saturated rings. The molecular formula is C9H15ClO2. The molecule has 1 heterocycles. The summed E-state index contributed by atoms with van der Waals surface area (Å²) < 4.78 is 5.54. The van der Waals surface area contributed by atoms with Gasteiger partial charge in [-0.25, -0.2) is 0 Å². The highest BCUT2D eigenvalue weighted by Gasteiger charge is 2.25. The molecular weight excluding hydrogens is 176 g/mol. The Hall–Kier alpha value is -0.0800. The number of hydrogen-bond acceptors (Lipinski definition) is 2. The smallest absolute Gasteiger partial charge is 0.221 e. The SMILES string of the molecule is C[C@H]1CC(CC(=O)Cl)C[C@H](C)O1. The second-order valence-electron chi connectivity index (χ2n) is 3.65. The van der Waals surface area contributed by atoms with Gasteiger partial charge in [0.15, 0.2) is 0 Å². The van der Waals surface area contributed by atoms with Crippen molar-refractivity contribution in [2.75, 3.05) is 0 Å². The van der Waals surface area contributed by atoms with Gasteiger partial charge < -0.3 is 4.74 Å². The standard InChI is InChI=1S/C9H15ClO2/c1-6-3-8(5-9(10)11)4-7(2)12-6/h6-8H,3-5H2,1-2H3/t6-,7-/m0/s1. The highest BCUT2D eigenvalue weighted by atomic mass is 35.5. The van der Waals surface area contributed by atoms with E-state index in [-0.39, 0.29) is 17.5 Å². The quantitative estimate of drug-likeness (QED) is 0.625. The van der Waals surface area contributed by atoms with E-state index in [2.05, 4.69) is 0 Å². The monoisotopic (exact) mass is 190 g/mol. The third kappa shape index (κ3) is 3.11. The average Bonchev–Trinajstić information content (AvgIpc) is 1.81. The van der Waals surface area contributed by atoms with Crippen LogP contribution >= 0.6 is 11.6 Å². The van der Waals surface area contributed by atoms with Crippen molar-refractivity contribution in [3.05, 3.63) is 0 Å². The van der Waals surface area contributed by atoms with Crippen LogP contribution in [0.2, 0.25) is 0 Å². The Bertz CT molecular complexity index is 160. The summed E-state index contributed by atoms with van der Waals surface area (Å²) in [6.45, 7) is 4.09. The topological polar surface area (TPSA) is 26.3 Å². The Kier molecular flexibility index (Phi) is 3.53. The van der Waals surface area contributed by atoms with Crippen LogP contribution in [-0.4, -0.2) is 17.5 Å². The first-order valence-electron chi connectivity index (χ1n) is 4.41. The first kappa shape index (κ1) is 10.0. The molecule has 2 atom stereocenters. The van der Waals surface area contributed by atoms with Crippen molar-refractivity contribution in [3.8, 4) is 0 Å². The van der Waals surface area contributed by atoms with Crippen molar-refractivity contribution in [2.45, 2.75) is 45.3 Å². The molecule has 1 saturated heterocycles. The lowest BCUT2D eigenvalue weighted by atomic mass is 9.90. The van der Waals surface area contributed by atoms with E-state index in [9.17, 15) is 4.79 Å². The van der Waals surface area contributed by atoms with Crippen LogP contribution in [0.15, 0.2) is 0 Å². The molecule has 0 aromatic carbocycles. The first-order valence-corrected chi connectivity index (χ1v) is 4.79. The number of rotatable bonds is 2. The molecule has 12 heavy (non-hydrogen) atoms. The molecule has 1 aliphatic rings. The Balaban J connectivity index is 2.38. The molecule has 0 saturated carbocycles. The average molecular weight is 191 g/mol. The van der Waals surface area contributed by atoms with Gasteiger partial charge in [-0.2, -0.15) is 0 Å². The summed E-state index contributed by atoms with van der Waals surface area (Å²) in [5.41, 5.74) is 0. The molecule has 1 rings (SSSR count). The zero-order valence-electron chi connectivity index (χ0n) is 7.55. The molecule has 0 N–H and O–H groups in total. The Morgan fingerprint density at radius 3 is 2.33 bits per heavy atom. The summed E-state index contributed by atoms with van der Waals surface area (Å²) in [5.74, 6) is 0.425. The fourth-order valence-electron chi connectivity index (χ4n) is 1.94. The highest BCUT2D eigenvalue weighted by Crippen LogP contribution is 2.27. The summed E-state index contributed by atoms with van der Waals surface area (Å²) in [6, 6.07) is 0. The van der Waals surface area contributed by atoms with Crippen LogP contribution in [0.3, 0.4) is 0 Å². The van der Waals surface area contributed by atoms with Gasteiger partial charge in [0.05, 0.1) is 12.2 Å². The zero-order valence-corrected chi connectivity index (χ0v) is 8.30. The van der Waals surface area contributed by atoms with Gasteiger partial charge in [-0.3, -0.25) is 4.79 Å². The van der Waals surface area contributed by atoms with Gasteiger partial charge in [0.2, 0.25) is 5.24 Å². The maximum Gasteiger partial charge on any atom is 0.221 e. The van der Waals surface area contributed by atoms with E-state index in [0.717, 1.165) is 12.8 Å². The summed E-state index contributed by atoms with van der Waals surface area (Å²) in [5, 5.41) is -0.221. The van der Waals surface area contributed by atoms with Crippen LogP contribution in [0.4, 0.5) is 0 Å². The lowest BCUT2D eigenvalue weighted by Gasteiger charge is -2.31. The molecule has 0 aromatic rings. The van der Waals surface area contributed by atoms with Gasteiger partial charge in [-0.1, -0.05) is 0 Å². The number of hydrogen-bond donors (Lipinski definition) is 0. The molecule has 0 bridgehead atoms. The van der Waals surface area contributed by atoms with Gasteiger partial charge in [-0.05, 0) is 44.2 Å². The van der Waals surface area contributed by atoms with Crippen molar-refractivity contribution in [2.24, 2.45) is 5.92 Å². The van der Waals surface area contributed by atoms with E-state index in [1.165, 1.54) is 0 Å². The molecule has 0 radical (unpaired) electrons. The number of carbonyl (C=O) groups excluding carboxylic acids is 1. The van der Waals surface area contributed by atoms with Crippen LogP contribution < -0.4 is 0 Å². The molecule has 70 valence electrons. The lowest BCUT2D eigenvalue weighted by Crippen LogP contribution is -2.29. The second kappa shape index (κ2) is 4.24. The summed E-state index contributed by atoms with van der Waals surface area (Å²) in [7, 11) is 0. The lowest BCUT2D eigenvalue weighted by molar-refractivity contribution is -0.114. The molecule has 0 amide bonds. The predicted octanol–water partition coefficient (Wildman–Crippen LogP) is 2.35. The largest absolute Gasteiger partial charge is 0.376 e. The van der Waals surface area contributed by atoms with Crippen LogP contribution in [0.5, 0.6) is 0 Å². The minimum absolute atomic E-state index is 0.221. The fourth-order valence-corrected chi connectivity index (χ4v) is 2.15. The maximum atomic E-state index is 10.6. The molecule has 0 spiro atoms. The third-order valence-electron chi connectivity index (χ3n) is 2.24. The van der Waals surface area contributed by atoms with Gasteiger partial charge in [-0.15, -0.1) is 0 Å². The summed E-state index contributed by atoms with van der Waals surface area (Å²) >= 11 is 5.33. The van der Waals surface area contributed by atoms with Crippen LogP contribution in [0.25, 0.3) is 0 Å². The van der Waals surface area contributed by atoms with Crippen molar-refractivity contribution >= 4 is 16.8 Å². The predicted molar refractivity (Wildman–Crippen MR) is 48.2 cm³/mol. The normalized spacial score (nSPS) is 36.4. The molecule has 1 aliphatic heterocycles.